The molecule has 3 N–H and O–H groups in total. The topological polar surface area (TPSA) is 103 Å². The molecule has 0 aliphatic heterocycles. The van der Waals surface area contributed by atoms with Crippen molar-refractivity contribution in [2.75, 3.05) is 5.32 Å². The van der Waals surface area contributed by atoms with Crippen LogP contribution in [0.3, 0.4) is 0 Å². The predicted molar refractivity (Wildman–Crippen MR) is 106 cm³/mol. The summed E-state index contributed by atoms with van der Waals surface area (Å²) in [5.41, 5.74) is 5.93. The van der Waals surface area contributed by atoms with E-state index in [4.69, 9.17) is 5.73 Å². The molecular formula is C19H21N5O2S. The zero-order chi connectivity index (χ0) is 19.4. The molecule has 1 heterocycles. The number of carbonyl (C=O) groups excluding carboxylic acids is 2. The number of fused-ring (bicyclic) bond motifs is 1. The minimum absolute atomic E-state index is 0.114. The molecule has 0 bridgehead atoms. The van der Waals surface area contributed by atoms with Crippen LogP contribution in [0, 0.1) is 0 Å². The van der Waals surface area contributed by atoms with Crippen LogP contribution in [-0.4, -0.2) is 31.8 Å². The molecule has 0 aliphatic carbocycles. The molecule has 0 saturated carbocycles. The first-order valence-electron chi connectivity index (χ1n) is 8.57. The number of amides is 2. The zero-order valence-electron chi connectivity index (χ0n) is 15.2. The Morgan fingerprint density at radius 1 is 1.19 bits per heavy atom. The molecule has 1 aromatic heterocycles. The van der Waals surface area contributed by atoms with Crippen LogP contribution in [0.4, 0.5) is 5.69 Å². The van der Waals surface area contributed by atoms with E-state index in [-0.39, 0.29) is 23.5 Å². The Morgan fingerprint density at radius 3 is 2.67 bits per heavy atom. The molecule has 7 nitrogen and oxygen atoms in total. The van der Waals surface area contributed by atoms with Gasteiger partial charge >= 0.3 is 0 Å². The van der Waals surface area contributed by atoms with Crippen molar-refractivity contribution in [3.8, 4) is 0 Å². The summed E-state index contributed by atoms with van der Waals surface area (Å²) in [6.07, 6.45) is 0.645. The number of benzene rings is 2. The van der Waals surface area contributed by atoms with Crippen LogP contribution >= 0.6 is 11.8 Å². The van der Waals surface area contributed by atoms with E-state index in [9.17, 15) is 9.59 Å². The number of rotatable bonds is 7. The second-order valence-electron chi connectivity index (χ2n) is 6.24. The van der Waals surface area contributed by atoms with E-state index < -0.39 is 0 Å². The van der Waals surface area contributed by atoms with Gasteiger partial charge < -0.3 is 15.6 Å². The largest absolute Gasteiger partial charge is 0.370 e. The fraction of sp³-hybridized carbons (Fsp3) is 0.263. The number of hydrogen-bond donors (Lipinski definition) is 2. The monoisotopic (exact) mass is 383 g/mol. The maximum atomic E-state index is 12.5. The molecule has 2 aromatic carbocycles. The molecule has 0 unspecified atom stereocenters. The van der Waals surface area contributed by atoms with Crippen LogP contribution in [0.2, 0.25) is 0 Å². The van der Waals surface area contributed by atoms with Gasteiger partial charge in [0.05, 0.1) is 5.25 Å². The van der Waals surface area contributed by atoms with Gasteiger partial charge in [-0.25, -0.2) is 0 Å². The van der Waals surface area contributed by atoms with Crippen molar-refractivity contribution in [2.24, 2.45) is 12.8 Å². The van der Waals surface area contributed by atoms with Gasteiger partial charge in [0.15, 0.2) is 5.16 Å². The second-order valence-corrected chi connectivity index (χ2v) is 7.54. The highest BCUT2D eigenvalue weighted by molar-refractivity contribution is 8.00. The Kier molecular flexibility index (Phi) is 5.75. The van der Waals surface area contributed by atoms with Crippen LogP contribution in [0.1, 0.15) is 19.2 Å². The summed E-state index contributed by atoms with van der Waals surface area (Å²) in [6.45, 7) is 1.82. The summed E-state index contributed by atoms with van der Waals surface area (Å²) in [5, 5.41) is 13.6. The van der Waals surface area contributed by atoms with Gasteiger partial charge in [-0.1, -0.05) is 42.1 Å². The fourth-order valence-electron chi connectivity index (χ4n) is 2.62. The standard InChI is InChI=1S/C19H21N5O2S/c1-12(27-19-23-22-17(24(19)2)10-9-16(20)25)18(26)21-15-8-7-13-5-3-4-6-14(13)11-15/h3-8,11-12H,9-10H2,1-2H3,(H2,20,25)(H,21,26)/t12-/m0/s1. The zero-order valence-corrected chi connectivity index (χ0v) is 16.0. The van der Waals surface area contributed by atoms with Crippen LogP contribution in [0.25, 0.3) is 10.8 Å². The van der Waals surface area contributed by atoms with Crippen molar-refractivity contribution in [3.63, 3.8) is 0 Å². The van der Waals surface area contributed by atoms with Crippen LogP contribution < -0.4 is 11.1 Å². The summed E-state index contributed by atoms with van der Waals surface area (Å²) in [6, 6.07) is 13.8. The van der Waals surface area contributed by atoms with Crippen molar-refractivity contribution >= 4 is 40.0 Å². The summed E-state index contributed by atoms with van der Waals surface area (Å²) >= 11 is 1.32. The quantitative estimate of drug-likeness (QED) is 0.610. The summed E-state index contributed by atoms with van der Waals surface area (Å²) in [7, 11) is 1.81. The second kappa shape index (κ2) is 8.22. The Bertz CT molecular complexity index is 985. The van der Waals surface area contributed by atoms with Gasteiger partial charge in [-0.15, -0.1) is 10.2 Å². The lowest BCUT2D eigenvalue weighted by Crippen LogP contribution is -2.22. The Morgan fingerprint density at radius 2 is 1.93 bits per heavy atom. The number of aryl methyl sites for hydroxylation is 1. The molecular weight excluding hydrogens is 362 g/mol. The number of hydrogen-bond acceptors (Lipinski definition) is 5. The molecule has 8 heteroatoms. The summed E-state index contributed by atoms with van der Waals surface area (Å²) in [5.74, 6) is 0.172. The first kappa shape index (κ1) is 18.9. The molecule has 27 heavy (non-hydrogen) atoms. The number of nitrogens with zero attached hydrogens (tertiary/aromatic N) is 3. The van der Waals surface area contributed by atoms with Crippen LogP contribution in [0.15, 0.2) is 47.6 Å². The number of carbonyl (C=O) groups is 2. The van der Waals surface area contributed by atoms with Crippen molar-refractivity contribution in [2.45, 2.75) is 30.2 Å². The van der Waals surface area contributed by atoms with Gasteiger partial charge in [0.2, 0.25) is 11.8 Å². The molecule has 0 fully saturated rings. The SMILES string of the molecule is C[C@H](Sc1nnc(CCC(N)=O)n1C)C(=O)Nc1ccc2ccccc2c1. The molecule has 0 aliphatic rings. The third kappa shape index (κ3) is 4.65. The van der Waals surface area contributed by atoms with Gasteiger partial charge in [-0.05, 0) is 29.8 Å². The van der Waals surface area contributed by atoms with E-state index in [2.05, 4.69) is 15.5 Å². The Balaban J connectivity index is 1.64. The van der Waals surface area contributed by atoms with Gasteiger partial charge in [-0.2, -0.15) is 0 Å². The first-order valence-corrected chi connectivity index (χ1v) is 9.45. The number of anilines is 1. The lowest BCUT2D eigenvalue weighted by Gasteiger charge is -2.12. The number of primary amides is 1. The molecule has 1 atom stereocenters. The summed E-state index contributed by atoms with van der Waals surface area (Å²) < 4.78 is 1.79. The molecule has 0 radical (unpaired) electrons. The Labute approximate surface area is 161 Å². The highest BCUT2D eigenvalue weighted by Crippen LogP contribution is 2.24. The molecule has 0 spiro atoms. The van der Waals surface area contributed by atoms with E-state index in [0.717, 1.165) is 16.5 Å². The number of nitrogens with one attached hydrogen (secondary N) is 1. The molecule has 3 aromatic rings. The predicted octanol–water partition coefficient (Wildman–Crippen LogP) is 2.51. The molecule has 140 valence electrons. The lowest BCUT2D eigenvalue weighted by molar-refractivity contribution is -0.118. The maximum absolute atomic E-state index is 12.5. The van der Waals surface area contributed by atoms with E-state index in [1.165, 1.54) is 11.8 Å². The summed E-state index contributed by atoms with van der Waals surface area (Å²) in [4.78, 5) is 23.5. The minimum atomic E-state index is -0.379. The Hall–Kier alpha value is -2.87. The van der Waals surface area contributed by atoms with Crippen molar-refractivity contribution in [1.82, 2.24) is 14.8 Å². The first-order chi connectivity index (χ1) is 12.9. The van der Waals surface area contributed by atoms with Gasteiger partial charge in [-0.3, -0.25) is 9.59 Å². The lowest BCUT2D eigenvalue weighted by atomic mass is 10.1. The third-order valence-corrected chi connectivity index (χ3v) is 5.32. The average Bonchev–Trinajstić information content (AvgIpc) is 2.99. The van der Waals surface area contributed by atoms with Gasteiger partial charge in [0, 0.05) is 25.6 Å². The van der Waals surface area contributed by atoms with E-state index in [0.29, 0.717) is 17.4 Å². The maximum Gasteiger partial charge on any atom is 0.237 e. The van der Waals surface area contributed by atoms with E-state index in [1.54, 1.807) is 4.57 Å². The average molecular weight is 383 g/mol. The number of aromatic nitrogens is 3. The normalized spacial score (nSPS) is 12.1. The van der Waals surface area contributed by atoms with Crippen molar-refractivity contribution in [1.29, 1.82) is 0 Å². The van der Waals surface area contributed by atoms with Crippen LogP contribution in [-0.2, 0) is 23.1 Å². The van der Waals surface area contributed by atoms with E-state index >= 15 is 0 Å². The molecule has 0 saturated heterocycles. The number of thioether (sulfide) groups is 1. The smallest absolute Gasteiger partial charge is 0.237 e. The van der Waals surface area contributed by atoms with Crippen molar-refractivity contribution < 1.29 is 9.59 Å². The molecule has 3 rings (SSSR count). The number of nitrogens with two attached hydrogens (primary N) is 1. The highest BCUT2D eigenvalue weighted by Gasteiger charge is 2.19. The highest BCUT2D eigenvalue weighted by atomic mass is 32.2. The molecule has 2 amide bonds. The van der Waals surface area contributed by atoms with E-state index in [1.807, 2.05) is 56.4 Å². The van der Waals surface area contributed by atoms with Crippen LogP contribution in [0.5, 0.6) is 0 Å². The minimum Gasteiger partial charge on any atom is -0.370 e. The fourth-order valence-corrected chi connectivity index (χ4v) is 3.46. The van der Waals surface area contributed by atoms with Gasteiger partial charge in [0.25, 0.3) is 0 Å². The third-order valence-electron chi connectivity index (χ3n) is 4.19. The van der Waals surface area contributed by atoms with Crippen molar-refractivity contribution in [3.05, 3.63) is 48.3 Å². The van der Waals surface area contributed by atoms with Gasteiger partial charge in [0.1, 0.15) is 5.82 Å².